The number of fused-ring (bicyclic) bond motifs is 1. The molecule has 1 N–H and O–H groups in total. The lowest BCUT2D eigenvalue weighted by molar-refractivity contribution is -0.0369. The van der Waals surface area contributed by atoms with E-state index in [1.54, 1.807) is 20.8 Å². The number of nitrogens with zero attached hydrogens (tertiary/aromatic N) is 3. The van der Waals surface area contributed by atoms with Gasteiger partial charge < -0.3 is 9.47 Å². The molecular weight excluding hydrogens is 451 g/mol. The van der Waals surface area contributed by atoms with Gasteiger partial charge >= 0.3 is 6.09 Å². The standard InChI is InChI=1S/C23H24ClFN4O4/c1-23(2,3)33-22(31)28-17-10-13(24)11-26-19(17)21(30)14-7-8-16(25)20-15(14)12-27-29(20)18-6-4-5-9-32-18/h7-8,10-12,18H,4-6,9H2,1-3H3,(H,28,31). The van der Waals surface area contributed by atoms with Crippen LogP contribution in [0.3, 0.4) is 0 Å². The monoisotopic (exact) mass is 474 g/mol. The number of ketones is 1. The molecule has 1 aliphatic heterocycles. The van der Waals surface area contributed by atoms with Gasteiger partial charge in [-0.3, -0.25) is 10.1 Å². The molecule has 0 spiro atoms. The predicted molar refractivity (Wildman–Crippen MR) is 121 cm³/mol. The van der Waals surface area contributed by atoms with Gasteiger partial charge in [0, 0.05) is 23.8 Å². The smallest absolute Gasteiger partial charge is 0.412 e. The molecule has 0 bridgehead atoms. The van der Waals surface area contributed by atoms with Gasteiger partial charge in [0.2, 0.25) is 5.78 Å². The molecule has 0 aliphatic carbocycles. The van der Waals surface area contributed by atoms with E-state index >= 15 is 0 Å². The van der Waals surface area contributed by atoms with E-state index in [0.29, 0.717) is 18.4 Å². The summed E-state index contributed by atoms with van der Waals surface area (Å²) < 4.78 is 27.3. The number of hydrogen-bond donors (Lipinski definition) is 1. The van der Waals surface area contributed by atoms with Gasteiger partial charge in [-0.1, -0.05) is 11.6 Å². The SMILES string of the molecule is CC(C)(C)OC(=O)Nc1cc(Cl)cnc1C(=O)c1ccc(F)c2c1cnn2C1CCCCO1. The molecule has 0 radical (unpaired) electrons. The Balaban J connectivity index is 1.73. The fourth-order valence-electron chi connectivity index (χ4n) is 3.71. The summed E-state index contributed by atoms with van der Waals surface area (Å²) in [4.78, 5) is 29.9. The largest absolute Gasteiger partial charge is 0.444 e. The quantitative estimate of drug-likeness (QED) is 0.501. The van der Waals surface area contributed by atoms with Crippen LogP contribution in [0.5, 0.6) is 0 Å². The van der Waals surface area contributed by atoms with Gasteiger partial charge in [0.25, 0.3) is 0 Å². The van der Waals surface area contributed by atoms with E-state index in [0.717, 1.165) is 12.8 Å². The molecule has 1 fully saturated rings. The van der Waals surface area contributed by atoms with E-state index < -0.39 is 29.5 Å². The summed E-state index contributed by atoms with van der Waals surface area (Å²) in [7, 11) is 0. The van der Waals surface area contributed by atoms with Crippen molar-refractivity contribution in [3.63, 3.8) is 0 Å². The van der Waals surface area contributed by atoms with Gasteiger partial charge in [-0.15, -0.1) is 0 Å². The number of carbonyl (C=O) groups is 2. The molecule has 8 nitrogen and oxygen atoms in total. The maximum atomic E-state index is 14.8. The van der Waals surface area contributed by atoms with Gasteiger partial charge in [-0.05, 0) is 58.2 Å². The Morgan fingerprint density at radius 1 is 1.27 bits per heavy atom. The van der Waals surface area contributed by atoms with Crippen LogP contribution in [0.25, 0.3) is 10.9 Å². The highest BCUT2D eigenvalue weighted by Crippen LogP contribution is 2.31. The second-order valence-corrected chi connectivity index (χ2v) is 9.21. The molecule has 10 heteroatoms. The van der Waals surface area contributed by atoms with E-state index in [1.807, 2.05) is 0 Å². The van der Waals surface area contributed by atoms with Gasteiger partial charge in [-0.2, -0.15) is 5.10 Å². The first-order chi connectivity index (χ1) is 15.6. The van der Waals surface area contributed by atoms with E-state index in [2.05, 4.69) is 15.4 Å². The third-order valence-corrected chi connectivity index (χ3v) is 5.29. The van der Waals surface area contributed by atoms with Crippen molar-refractivity contribution in [2.75, 3.05) is 11.9 Å². The predicted octanol–water partition coefficient (Wildman–Crippen LogP) is 5.50. The number of pyridine rings is 1. The number of hydrogen-bond acceptors (Lipinski definition) is 6. The summed E-state index contributed by atoms with van der Waals surface area (Å²) in [6.45, 7) is 5.73. The average molecular weight is 475 g/mol. The molecule has 1 amide bonds. The summed E-state index contributed by atoms with van der Waals surface area (Å²) in [6, 6.07) is 4.00. The zero-order valence-corrected chi connectivity index (χ0v) is 19.3. The van der Waals surface area contributed by atoms with Crippen LogP contribution in [0.4, 0.5) is 14.9 Å². The van der Waals surface area contributed by atoms with Gasteiger partial charge in [-0.25, -0.2) is 18.9 Å². The number of amides is 1. The summed E-state index contributed by atoms with van der Waals surface area (Å²) in [5.74, 6) is -1.03. The molecule has 1 unspecified atom stereocenters. The Labute approximate surface area is 195 Å². The number of benzene rings is 1. The molecule has 1 aromatic carbocycles. The minimum atomic E-state index is -0.757. The average Bonchev–Trinajstić information content (AvgIpc) is 3.19. The van der Waals surface area contributed by atoms with Crippen molar-refractivity contribution in [2.45, 2.75) is 51.9 Å². The normalized spacial score (nSPS) is 16.6. The van der Waals surface area contributed by atoms with Crippen molar-refractivity contribution in [3.05, 3.63) is 52.7 Å². The molecule has 0 saturated carbocycles. The second kappa shape index (κ2) is 9.07. The Morgan fingerprint density at radius 3 is 2.76 bits per heavy atom. The van der Waals surface area contributed by atoms with Crippen LogP contribution >= 0.6 is 11.6 Å². The number of aromatic nitrogens is 3. The van der Waals surface area contributed by atoms with Crippen molar-refractivity contribution in [2.24, 2.45) is 0 Å². The van der Waals surface area contributed by atoms with Crippen molar-refractivity contribution in [3.8, 4) is 0 Å². The number of anilines is 1. The second-order valence-electron chi connectivity index (χ2n) is 8.77. The number of carbonyl (C=O) groups excluding carboxylic acids is 2. The van der Waals surface area contributed by atoms with E-state index in [1.165, 1.54) is 35.3 Å². The zero-order valence-electron chi connectivity index (χ0n) is 18.5. The van der Waals surface area contributed by atoms with Crippen molar-refractivity contribution in [1.82, 2.24) is 14.8 Å². The molecule has 174 valence electrons. The highest BCUT2D eigenvalue weighted by atomic mass is 35.5. The summed E-state index contributed by atoms with van der Waals surface area (Å²) >= 11 is 6.05. The maximum Gasteiger partial charge on any atom is 0.412 e. The van der Waals surface area contributed by atoms with Crippen molar-refractivity contribution >= 4 is 40.1 Å². The highest BCUT2D eigenvalue weighted by molar-refractivity contribution is 6.31. The summed E-state index contributed by atoms with van der Waals surface area (Å²) in [5, 5.41) is 7.39. The fraction of sp³-hybridized carbons (Fsp3) is 0.391. The van der Waals surface area contributed by atoms with Crippen LogP contribution in [0.1, 0.15) is 62.3 Å². The number of ether oxygens (including phenoxy) is 2. The first-order valence-corrected chi connectivity index (χ1v) is 11.0. The van der Waals surface area contributed by atoms with E-state index in [4.69, 9.17) is 21.1 Å². The molecule has 1 atom stereocenters. The molecule has 33 heavy (non-hydrogen) atoms. The molecule has 3 aromatic rings. The van der Waals surface area contributed by atoms with Crippen LogP contribution in [0.2, 0.25) is 5.02 Å². The van der Waals surface area contributed by atoms with Crippen LogP contribution < -0.4 is 5.32 Å². The molecule has 3 heterocycles. The molecule has 2 aromatic heterocycles. The Bertz CT molecular complexity index is 1220. The van der Waals surface area contributed by atoms with Crippen molar-refractivity contribution in [1.29, 1.82) is 0 Å². The zero-order chi connectivity index (χ0) is 23.8. The van der Waals surface area contributed by atoms with Crippen molar-refractivity contribution < 1.29 is 23.5 Å². The lowest BCUT2D eigenvalue weighted by Gasteiger charge is -2.23. The van der Waals surface area contributed by atoms with Crippen LogP contribution in [-0.2, 0) is 9.47 Å². The van der Waals surface area contributed by atoms with Gasteiger partial charge in [0.05, 0.1) is 16.9 Å². The van der Waals surface area contributed by atoms with Crippen LogP contribution in [0.15, 0.2) is 30.6 Å². The minimum absolute atomic E-state index is 0.0557. The molecule has 1 aliphatic rings. The molecule has 1 saturated heterocycles. The Hall–Kier alpha value is -3.04. The first kappa shape index (κ1) is 23.1. The van der Waals surface area contributed by atoms with Gasteiger partial charge in [0.15, 0.2) is 6.23 Å². The lowest BCUT2D eigenvalue weighted by Crippen LogP contribution is -2.28. The molecular formula is C23H24ClFN4O4. The summed E-state index contributed by atoms with van der Waals surface area (Å²) in [5.41, 5.74) is -0.333. The maximum absolute atomic E-state index is 14.8. The molecule has 4 rings (SSSR count). The van der Waals surface area contributed by atoms with E-state index in [9.17, 15) is 14.0 Å². The summed E-state index contributed by atoms with van der Waals surface area (Å²) in [6.07, 6.45) is 4.19. The van der Waals surface area contributed by atoms with Crippen LogP contribution in [0, 0.1) is 5.82 Å². The minimum Gasteiger partial charge on any atom is -0.444 e. The third kappa shape index (κ3) is 4.99. The Kier molecular flexibility index (Phi) is 6.36. The van der Waals surface area contributed by atoms with Crippen LogP contribution in [-0.4, -0.2) is 38.8 Å². The number of halogens is 2. The lowest BCUT2D eigenvalue weighted by atomic mass is 10.0. The van der Waals surface area contributed by atoms with E-state index in [-0.39, 0.29) is 27.5 Å². The highest BCUT2D eigenvalue weighted by Gasteiger charge is 2.26. The first-order valence-electron chi connectivity index (χ1n) is 10.6. The Morgan fingerprint density at radius 2 is 2.06 bits per heavy atom. The fourth-order valence-corrected chi connectivity index (χ4v) is 3.87. The number of nitrogens with one attached hydrogen (secondary N) is 1. The third-order valence-electron chi connectivity index (χ3n) is 5.09. The number of rotatable bonds is 4. The topological polar surface area (TPSA) is 95.3 Å². The van der Waals surface area contributed by atoms with Gasteiger partial charge in [0.1, 0.15) is 22.6 Å².